The quantitative estimate of drug-likeness (QED) is 0.752. The zero-order chi connectivity index (χ0) is 13.4. The number of carbonyl (C=O) groups excluding carboxylic acids is 1. The molecule has 1 rings (SSSR count). The first-order valence-corrected chi connectivity index (χ1v) is 6.72. The first-order valence-electron chi connectivity index (χ1n) is 6.72. The van der Waals surface area contributed by atoms with Crippen LogP contribution in [0.25, 0.3) is 0 Å². The Hall–Kier alpha value is -1.51. The number of carbonyl (C=O) groups is 1. The van der Waals surface area contributed by atoms with Gasteiger partial charge in [-0.05, 0) is 25.5 Å². The standard InChI is InChI=1S/C15H24N2O/c1-4-17(14-9-6-5-7-10-14)12-8-11-16-15(18)13(2)3/h5-7,9-10,13H,4,8,11-12H2,1-3H3,(H,16,18). The molecule has 0 radical (unpaired) electrons. The summed E-state index contributed by atoms with van der Waals surface area (Å²) in [6, 6.07) is 10.4. The van der Waals surface area contributed by atoms with Gasteiger partial charge in [0.25, 0.3) is 0 Å². The maximum atomic E-state index is 11.4. The zero-order valence-corrected chi connectivity index (χ0v) is 11.6. The molecule has 1 N–H and O–H groups in total. The molecular weight excluding hydrogens is 224 g/mol. The first-order chi connectivity index (χ1) is 8.65. The Morgan fingerprint density at radius 2 is 1.94 bits per heavy atom. The third kappa shape index (κ3) is 4.78. The lowest BCUT2D eigenvalue weighted by Gasteiger charge is -2.23. The molecule has 100 valence electrons. The molecule has 0 atom stereocenters. The normalized spacial score (nSPS) is 10.4. The molecule has 0 aromatic heterocycles. The van der Waals surface area contributed by atoms with Crippen LogP contribution in [0.1, 0.15) is 27.2 Å². The molecule has 1 aromatic rings. The van der Waals surface area contributed by atoms with Crippen LogP contribution >= 0.6 is 0 Å². The molecular formula is C15H24N2O. The van der Waals surface area contributed by atoms with Crippen molar-refractivity contribution in [3.63, 3.8) is 0 Å². The smallest absolute Gasteiger partial charge is 0.222 e. The highest BCUT2D eigenvalue weighted by Gasteiger charge is 2.06. The third-order valence-corrected chi connectivity index (χ3v) is 2.93. The first kappa shape index (κ1) is 14.6. The van der Waals surface area contributed by atoms with Crippen LogP contribution in [0.2, 0.25) is 0 Å². The second-order valence-corrected chi connectivity index (χ2v) is 4.71. The molecule has 0 saturated heterocycles. The van der Waals surface area contributed by atoms with Gasteiger partial charge < -0.3 is 10.2 Å². The number of benzene rings is 1. The Bertz CT molecular complexity index is 349. The molecule has 0 heterocycles. The number of anilines is 1. The minimum absolute atomic E-state index is 0.0707. The van der Waals surface area contributed by atoms with Crippen LogP contribution in [0.5, 0.6) is 0 Å². The van der Waals surface area contributed by atoms with Crippen LogP contribution < -0.4 is 10.2 Å². The Morgan fingerprint density at radius 1 is 1.28 bits per heavy atom. The predicted molar refractivity (Wildman–Crippen MR) is 76.8 cm³/mol. The summed E-state index contributed by atoms with van der Waals surface area (Å²) in [4.78, 5) is 13.7. The van der Waals surface area contributed by atoms with Gasteiger partial charge in [0.1, 0.15) is 0 Å². The van der Waals surface area contributed by atoms with Gasteiger partial charge in [-0.1, -0.05) is 32.0 Å². The van der Waals surface area contributed by atoms with Crippen molar-refractivity contribution in [1.29, 1.82) is 0 Å². The minimum Gasteiger partial charge on any atom is -0.372 e. The van der Waals surface area contributed by atoms with E-state index in [0.29, 0.717) is 0 Å². The molecule has 0 spiro atoms. The van der Waals surface area contributed by atoms with E-state index in [1.807, 2.05) is 19.9 Å². The number of amides is 1. The Labute approximate surface area is 110 Å². The van der Waals surface area contributed by atoms with Gasteiger partial charge in [-0.2, -0.15) is 0 Å². The van der Waals surface area contributed by atoms with E-state index in [4.69, 9.17) is 0 Å². The van der Waals surface area contributed by atoms with E-state index in [1.165, 1.54) is 5.69 Å². The molecule has 0 aliphatic rings. The van der Waals surface area contributed by atoms with Gasteiger partial charge >= 0.3 is 0 Å². The summed E-state index contributed by atoms with van der Waals surface area (Å²) in [6.07, 6.45) is 0.973. The van der Waals surface area contributed by atoms with Gasteiger partial charge in [0.05, 0.1) is 0 Å². The lowest BCUT2D eigenvalue weighted by atomic mass is 10.2. The van der Waals surface area contributed by atoms with Crippen molar-refractivity contribution in [3.05, 3.63) is 30.3 Å². The van der Waals surface area contributed by atoms with Crippen LogP contribution in [0.3, 0.4) is 0 Å². The van der Waals surface area contributed by atoms with Crippen molar-refractivity contribution >= 4 is 11.6 Å². The average molecular weight is 248 g/mol. The van der Waals surface area contributed by atoms with Crippen LogP contribution in [-0.4, -0.2) is 25.5 Å². The molecule has 0 saturated carbocycles. The number of hydrogen-bond donors (Lipinski definition) is 1. The van der Waals surface area contributed by atoms with Crippen molar-refractivity contribution < 1.29 is 4.79 Å². The Balaban J connectivity index is 2.31. The predicted octanol–water partition coefficient (Wildman–Crippen LogP) is 2.68. The van der Waals surface area contributed by atoms with E-state index in [2.05, 4.69) is 41.4 Å². The van der Waals surface area contributed by atoms with E-state index in [0.717, 1.165) is 26.1 Å². The van der Waals surface area contributed by atoms with Gasteiger partial charge in [0.2, 0.25) is 5.91 Å². The van der Waals surface area contributed by atoms with Crippen molar-refractivity contribution in [3.8, 4) is 0 Å². The van der Waals surface area contributed by atoms with Gasteiger partial charge in [0.15, 0.2) is 0 Å². The molecule has 1 amide bonds. The highest BCUT2D eigenvalue weighted by Crippen LogP contribution is 2.12. The fourth-order valence-electron chi connectivity index (χ4n) is 1.79. The number of rotatable bonds is 7. The van der Waals surface area contributed by atoms with Gasteiger partial charge in [-0.25, -0.2) is 0 Å². The molecule has 1 aromatic carbocycles. The van der Waals surface area contributed by atoms with Crippen molar-refractivity contribution in [2.24, 2.45) is 5.92 Å². The third-order valence-electron chi connectivity index (χ3n) is 2.93. The van der Waals surface area contributed by atoms with E-state index in [1.54, 1.807) is 0 Å². The van der Waals surface area contributed by atoms with Gasteiger partial charge in [-0.15, -0.1) is 0 Å². The summed E-state index contributed by atoms with van der Waals surface area (Å²) in [7, 11) is 0. The number of nitrogens with one attached hydrogen (secondary N) is 1. The highest BCUT2D eigenvalue weighted by atomic mass is 16.1. The van der Waals surface area contributed by atoms with E-state index in [-0.39, 0.29) is 11.8 Å². The van der Waals surface area contributed by atoms with Gasteiger partial charge in [-0.3, -0.25) is 4.79 Å². The van der Waals surface area contributed by atoms with Crippen molar-refractivity contribution in [1.82, 2.24) is 5.32 Å². The molecule has 0 fully saturated rings. The summed E-state index contributed by atoms with van der Waals surface area (Å²) in [5.74, 6) is 0.208. The van der Waals surface area contributed by atoms with Crippen LogP contribution in [-0.2, 0) is 4.79 Å². The Kier molecular flexibility index (Phi) is 6.26. The molecule has 0 bridgehead atoms. The molecule has 3 heteroatoms. The number of hydrogen-bond acceptors (Lipinski definition) is 2. The summed E-state index contributed by atoms with van der Waals surface area (Å²) in [6.45, 7) is 8.69. The molecule has 0 aliphatic carbocycles. The second-order valence-electron chi connectivity index (χ2n) is 4.71. The maximum Gasteiger partial charge on any atom is 0.222 e. The van der Waals surface area contributed by atoms with Crippen molar-refractivity contribution in [2.45, 2.75) is 27.2 Å². The summed E-state index contributed by atoms with van der Waals surface area (Å²) in [5, 5.41) is 2.95. The molecule has 18 heavy (non-hydrogen) atoms. The fourth-order valence-corrected chi connectivity index (χ4v) is 1.79. The highest BCUT2D eigenvalue weighted by molar-refractivity contribution is 5.77. The second kappa shape index (κ2) is 7.75. The topological polar surface area (TPSA) is 32.3 Å². The maximum absolute atomic E-state index is 11.4. The van der Waals surface area contributed by atoms with E-state index in [9.17, 15) is 4.79 Å². The van der Waals surface area contributed by atoms with Crippen LogP contribution in [0.4, 0.5) is 5.69 Å². The van der Waals surface area contributed by atoms with E-state index >= 15 is 0 Å². The number of para-hydroxylation sites is 1. The summed E-state index contributed by atoms with van der Waals surface area (Å²) >= 11 is 0. The minimum atomic E-state index is 0.0707. The monoisotopic (exact) mass is 248 g/mol. The Morgan fingerprint density at radius 3 is 2.50 bits per heavy atom. The molecule has 0 unspecified atom stereocenters. The lowest BCUT2D eigenvalue weighted by Crippen LogP contribution is -2.32. The fraction of sp³-hybridized carbons (Fsp3) is 0.533. The molecule has 3 nitrogen and oxygen atoms in total. The largest absolute Gasteiger partial charge is 0.372 e. The lowest BCUT2D eigenvalue weighted by molar-refractivity contribution is -0.123. The van der Waals surface area contributed by atoms with Crippen molar-refractivity contribution in [2.75, 3.05) is 24.5 Å². The summed E-state index contributed by atoms with van der Waals surface area (Å²) < 4.78 is 0. The van der Waals surface area contributed by atoms with Crippen LogP contribution in [0.15, 0.2) is 30.3 Å². The SMILES string of the molecule is CCN(CCCNC(=O)C(C)C)c1ccccc1. The number of nitrogens with zero attached hydrogens (tertiary/aromatic N) is 1. The zero-order valence-electron chi connectivity index (χ0n) is 11.6. The summed E-state index contributed by atoms with van der Waals surface area (Å²) in [5.41, 5.74) is 1.25. The van der Waals surface area contributed by atoms with E-state index < -0.39 is 0 Å². The van der Waals surface area contributed by atoms with Crippen LogP contribution in [0, 0.1) is 5.92 Å². The average Bonchev–Trinajstić information content (AvgIpc) is 2.39. The molecule has 0 aliphatic heterocycles. The van der Waals surface area contributed by atoms with Gasteiger partial charge in [0, 0.05) is 31.2 Å².